The normalized spacial score (nSPS) is 12.5. The minimum absolute atomic E-state index is 0.0973. The molecule has 20 heavy (non-hydrogen) atoms. The molecule has 0 aliphatic rings. The van der Waals surface area contributed by atoms with Crippen molar-refractivity contribution in [2.24, 2.45) is 0 Å². The molecule has 0 aromatic heterocycles. The molecule has 2 rings (SSSR count). The molecule has 0 aliphatic heterocycles. The molecule has 106 valence electrons. The van der Waals surface area contributed by atoms with Gasteiger partial charge in [-0.25, -0.2) is 13.2 Å². The van der Waals surface area contributed by atoms with Crippen LogP contribution in [0.5, 0.6) is 0 Å². The van der Waals surface area contributed by atoms with Gasteiger partial charge in [-0.3, -0.25) is 0 Å². The Labute approximate surface area is 119 Å². The third-order valence-electron chi connectivity index (χ3n) is 3.10. The van der Waals surface area contributed by atoms with Gasteiger partial charge in [-0.05, 0) is 30.2 Å². The molecule has 0 saturated carbocycles. The second kappa shape index (κ2) is 5.85. The van der Waals surface area contributed by atoms with Crippen LogP contribution >= 0.6 is 11.6 Å². The molecule has 1 unspecified atom stereocenters. The van der Waals surface area contributed by atoms with Crippen molar-refractivity contribution < 1.29 is 18.3 Å². The number of aliphatic hydroxyl groups is 1. The molecule has 0 aliphatic carbocycles. The first-order valence-corrected chi connectivity index (χ1v) is 6.35. The first-order chi connectivity index (χ1) is 9.41. The van der Waals surface area contributed by atoms with Gasteiger partial charge in [0.1, 0.15) is 17.5 Å². The molecule has 0 spiro atoms. The van der Waals surface area contributed by atoms with Gasteiger partial charge >= 0.3 is 0 Å². The molecular formula is C15H12ClF3O. The lowest BCUT2D eigenvalue weighted by atomic mass is 9.98. The summed E-state index contributed by atoms with van der Waals surface area (Å²) in [5.74, 6) is -2.37. The Balaban J connectivity index is 2.36. The van der Waals surface area contributed by atoms with Gasteiger partial charge < -0.3 is 5.11 Å². The summed E-state index contributed by atoms with van der Waals surface area (Å²) in [7, 11) is 0. The largest absolute Gasteiger partial charge is 0.388 e. The molecular weight excluding hydrogens is 289 g/mol. The lowest BCUT2D eigenvalue weighted by molar-refractivity contribution is 0.167. The molecule has 0 bridgehead atoms. The molecule has 0 heterocycles. The molecule has 2 aromatic rings. The van der Waals surface area contributed by atoms with E-state index in [1.807, 2.05) is 0 Å². The summed E-state index contributed by atoms with van der Waals surface area (Å²) in [4.78, 5) is 0. The number of rotatable bonds is 3. The van der Waals surface area contributed by atoms with Crippen LogP contribution in [0.2, 0.25) is 5.02 Å². The quantitative estimate of drug-likeness (QED) is 0.894. The van der Waals surface area contributed by atoms with Crippen LogP contribution in [0.4, 0.5) is 13.2 Å². The Kier molecular flexibility index (Phi) is 4.35. The lowest BCUT2D eigenvalue weighted by Gasteiger charge is -2.15. The third kappa shape index (κ3) is 2.81. The van der Waals surface area contributed by atoms with Gasteiger partial charge in [0.05, 0.1) is 16.7 Å². The second-order valence-corrected chi connectivity index (χ2v) is 4.93. The number of hydrogen-bond donors (Lipinski definition) is 1. The van der Waals surface area contributed by atoms with Crippen molar-refractivity contribution in [2.75, 3.05) is 0 Å². The van der Waals surface area contributed by atoms with E-state index in [0.29, 0.717) is 0 Å². The molecule has 5 heteroatoms. The summed E-state index contributed by atoms with van der Waals surface area (Å²) in [5.41, 5.74) is -0.137. The predicted octanol–water partition coefficient (Wildman–Crippen LogP) is 4.34. The Morgan fingerprint density at radius 2 is 1.80 bits per heavy atom. The van der Waals surface area contributed by atoms with Crippen LogP contribution < -0.4 is 0 Å². The van der Waals surface area contributed by atoms with Crippen LogP contribution in [0, 0.1) is 24.4 Å². The van der Waals surface area contributed by atoms with E-state index in [-0.39, 0.29) is 22.6 Å². The smallest absolute Gasteiger partial charge is 0.145 e. The SMILES string of the molecule is Cc1ccc(F)c(C(O)Cc2cccc(Cl)c2F)c1F. The van der Waals surface area contributed by atoms with Gasteiger partial charge in [-0.1, -0.05) is 29.8 Å². The number of aliphatic hydroxyl groups excluding tert-OH is 1. The maximum Gasteiger partial charge on any atom is 0.145 e. The van der Waals surface area contributed by atoms with Crippen molar-refractivity contribution in [3.05, 3.63) is 69.5 Å². The molecule has 2 aromatic carbocycles. The van der Waals surface area contributed by atoms with E-state index in [9.17, 15) is 18.3 Å². The molecule has 0 radical (unpaired) electrons. The Hall–Kier alpha value is -1.52. The van der Waals surface area contributed by atoms with Crippen molar-refractivity contribution in [3.63, 3.8) is 0 Å². The highest BCUT2D eigenvalue weighted by atomic mass is 35.5. The molecule has 0 amide bonds. The van der Waals surface area contributed by atoms with Crippen molar-refractivity contribution in [2.45, 2.75) is 19.4 Å². The van der Waals surface area contributed by atoms with E-state index >= 15 is 0 Å². The fraction of sp³-hybridized carbons (Fsp3) is 0.200. The average Bonchev–Trinajstić information content (AvgIpc) is 2.40. The molecule has 1 nitrogen and oxygen atoms in total. The van der Waals surface area contributed by atoms with Gasteiger partial charge in [0.25, 0.3) is 0 Å². The number of aryl methyl sites for hydroxylation is 1. The highest BCUT2D eigenvalue weighted by molar-refractivity contribution is 6.30. The third-order valence-corrected chi connectivity index (χ3v) is 3.39. The van der Waals surface area contributed by atoms with Gasteiger partial charge in [0.15, 0.2) is 0 Å². The van der Waals surface area contributed by atoms with Crippen LogP contribution in [-0.4, -0.2) is 5.11 Å². The zero-order valence-corrected chi connectivity index (χ0v) is 11.4. The maximum atomic E-state index is 13.9. The standard InChI is InChI=1S/C15H12ClF3O/c1-8-5-6-11(17)13(14(8)18)12(20)7-9-3-2-4-10(16)15(9)19/h2-6,12,20H,7H2,1H3. The molecule has 0 saturated heterocycles. The summed E-state index contributed by atoms with van der Waals surface area (Å²) in [6.07, 6.45) is -1.74. The fourth-order valence-electron chi connectivity index (χ4n) is 2.00. The van der Waals surface area contributed by atoms with Gasteiger partial charge in [-0.2, -0.15) is 0 Å². The number of halogens is 4. The summed E-state index contributed by atoms with van der Waals surface area (Å²) < 4.78 is 41.2. The maximum absolute atomic E-state index is 13.9. The summed E-state index contributed by atoms with van der Waals surface area (Å²) >= 11 is 5.63. The van der Waals surface area contributed by atoms with E-state index < -0.39 is 29.1 Å². The van der Waals surface area contributed by atoms with Crippen LogP contribution in [0.1, 0.15) is 22.8 Å². The van der Waals surface area contributed by atoms with Crippen molar-refractivity contribution >= 4 is 11.6 Å². The summed E-state index contributed by atoms with van der Waals surface area (Å²) in [5, 5.41) is 9.89. The van der Waals surface area contributed by atoms with E-state index in [0.717, 1.165) is 6.07 Å². The van der Waals surface area contributed by atoms with Crippen LogP contribution in [0.15, 0.2) is 30.3 Å². The first-order valence-electron chi connectivity index (χ1n) is 5.97. The zero-order chi connectivity index (χ0) is 14.9. The molecule has 1 atom stereocenters. The van der Waals surface area contributed by atoms with E-state index in [1.165, 1.54) is 31.2 Å². The van der Waals surface area contributed by atoms with E-state index in [4.69, 9.17) is 11.6 Å². The van der Waals surface area contributed by atoms with Gasteiger partial charge in [-0.15, -0.1) is 0 Å². The first kappa shape index (κ1) is 14.9. The van der Waals surface area contributed by atoms with Crippen molar-refractivity contribution in [1.29, 1.82) is 0 Å². The lowest BCUT2D eigenvalue weighted by Crippen LogP contribution is -2.09. The van der Waals surface area contributed by atoms with E-state index in [2.05, 4.69) is 0 Å². The molecule has 0 fully saturated rings. The topological polar surface area (TPSA) is 20.2 Å². The summed E-state index contributed by atoms with van der Waals surface area (Å²) in [6, 6.07) is 6.64. The highest BCUT2D eigenvalue weighted by Gasteiger charge is 2.21. The zero-order valence-electron chi connectivity index (χ0n) is 10.6. The fourth-order valence-corrected chi connectivity index (χ4v) is 2.19. The van der Waals surface area contributed by atoms with Crippen LogP contribution in [-0.2, 0) is 6.42 Å². The molecule has 1 N–H and O–H groups in total. The number of benzene rings is 2. The van der Waals surface area contributed by atoms with Crippen molar-refractivity contribution in [1.82, 2.24) is 0 Å². The van der Waals surface area contributed by atoms with Gasteiger partial charge in [0, 0.05) is 6.42 Å². The predicted molar refractivity (Wildman–Crippen MR) is 71.2 cm³/mol. The number of hydrogen-bond acceptors (Lipinski definition) is 1. The minimum atomic E-state index is -1.48. The Morgan fingerprint density at radius 3 is 2.50 bits per heavy atom. The van der Waals surface area contributed by atoms with E-state index in [1.54, 1.807) is 0 Å². The minimum Gasteiger partial charge on any atom is -0.388 e. The van der Waals surface area contributed by atoms with Crippen LogP contribution in [0.3, 0.4) is 0 Å². The monoisotopic (exact) mass is 300 g/mol. The van der Waals surface area contributed by atoms with Crippen molar-refractivity contribution in [3.8, 4) is 0 Å². The van der Waals surface area contributed by atoms with Gasteiger partial charge in [0.2, 0.25) is 0 Å². The Morgan fingerprint density at radius 1 is 1.10 bits per heavy atom. The highest BCUT2D eigenvalue weighted by Crippen LogP contribution is 2.28. The Bertz CT molecular complexity index is 643. The average molecular weight is 301 g/mol. The second-order valence-electron chi connectivity index (χ2n) is 4.52. The van der Waals surface area contributed by atoms with Crippen LogP contribution in [0.25, 0.3) is 0 Å². The summed E-state index contributed by atoms with van der Waals surface area (Å²) in [6.45, 7) is 1.46.